The Morgan fingerprint density at radius 3 is 2.55 bits per heavy atom. The lowest BCUT2D eigenvalue weighted by Crippen LogP contribution is -2.27. The monoisotopic (exact) mass is 371 g/mol. The second-order valence-corrected chi connectivity index (χ2v) is 5.96. The number of nitrogens with one attached hydrogen (secondary N) is 1. The van der Waals surface area contributed by atoms with Gasteiger partial charge in [-0.1, -0.05) is 63.4 Å². The van der Waals surface area contributed by atoms with Crippen molar-refractivity contribution in [2.75, 3.05) is 0 Å². The van der Waals surface area contributed by atoms with E-state index < -0.39 is 0 Å². The number of halogens is 3. The molecule has 0 radical (unpaired) electrons. The molecule has 2 aromatic carbocycles. The van der Waals surface area contributed by atoms with E-state index in [1.165, 1.54) is 0 Å². The molecule has 20 heavy (non-hydrogen) atoms. The molecule has 0 bridgehead atoms. The van der Waals surface area contributed by atoms with Crippen LogP contribution in [0.2, 0.25) is 10.0 Å². The molecule has 5 heteroatoms. The molecule has 104 valence electrons. The van der Waals surface area contributed by atoms with Crippen LogP contribution in [0.15, 0.2) is 46.9 Å². The lowest BCUT2D eigenvalue weighted by atomic mass is 10.1. The smallest absolute Gasteiger partial charge is 0.253 e. The van der Waals surface area contributed by atoms with Gasteiger partial charge in [-0.05, 0) is 30.7 Å². The Kier molecular flexibility index (Phi) is 5.08. The zero-order chi connectivity index (χ0) is 14.7. The molecule has 1 N–H and O–H groups in total. The van der Waals surface area contributed by atoms with Gasteiger partial charge in [0.1, 0.15) is 0 Å². The fraction of sp³-hybridized carbons (Fsp3) is 0.133. The summed E-state index contributed by atoms with van der Waals surface area (Å²) in [6.45, 7) is 1.91. The van der Waals surface area contributed by atoms with Gasteiger partial charge < -0.3 is 5.32 Å². The van der Waals surface area contributed by atoms with E-state index in [0.29, 0.717) is 10.6 Å². The van der Waals surface area contributed by atoms with Crippen molar-refractivity contribution >= 4 is 45.0 Å². The molecule has 0 saturated carbocycles. The van der Waals surface area contributed by atoms with Crippen molar-refractivity contribution in [3.05, 3.63) is 68.1 Å². The molecule has 0 fully saturated rings. The number of rotatable bonds is 3. The van der Waals surface area contributed by atoms with Gasteiger partial charge in [-0.2, -0.15) is 0 Å². The first-order chi connectivity index (χ1) is 9.50. The molecule has 0 aliphatic rings. The highest BCUT2D eigenvalue weighted by molar-refractivity contribution is 9.10. The zero-order valence-corrected chi connectivity index (χ0v) is 13.8. The molecule has 2 rings (SSSR count). The van der Waals surface area contributed by atoms with Gasteiger partial charge in [-0.3, -0.25) is 4.79 Å². The number of hydrogen-bond acceptors (Lipinski definition) is 1. The normalized spacial score (nSPS) is 12.0. The first kappa shape index (κ1) is 15.4. The summed E-state index contributed by atoms with van der Waals surface area (Å²) in [5.74, 6) is -0.249. The summed E-state index contributed by atoms with van der Waals surface area (Å²) in [4.78, 5) is 12.2. The van der Waals surface area contributed by atoms with Crippen LogP contribution in [0.25, 0.3) is 0 Å². The molecule has 0 aromatic heterocycles. The third kappa shape index (κ3) is 3.35. The molecular formula is C15H12BrCl2NO. The van der Waals surface area contributed by atoms with Crippen LogP contribution in [0.5, 0.6) is 0 Å². The number of benzene rings is 2. The van der Waals surface area contributed by atoms with Crippen molar-refractivity contribution in [3.63, 3.8) is 0 Å². The zero-order valence-electron chi connectivity index (χ0n) is 10.7. The highest BCUT2D eigenvalue weighted by Gasteiger charge is 2.16. The summed E-state index contributed by atoms with van der Waals surface area (Å²) in [6.07, 6.45) is 0. The van der Waals surface area contributed by atoms with Gasteiger partial charge in [0.05, 0.1) is 21.7 Å². The first-order valence-electron chi connectivity index (χ1n) is 6.00. The summed E-state index contributed by atoms with van der Waals surface area (Å²) in [5, 5.41) is 3.55. The second-order valence-electron chi connectivity index (χ2n) is 4.32. The van der Waals surface area contributed by atoms with Crippen molar-refractivity contribution in [1.82, 2.24) is 5.32 Å². The topological polar surface area (TPSA) is 29.1 Å². The van der Waals surface area contributed by atoms with E-state index in [9.17, 15) is 4.79 Å². The predicted molar refractivity (Wildman–Crippen MR) is 86.5 cm³/mol. The molecule has 0 aliphatic carbocycles. The van der Waals surface area contributed by atoms with Crippen molar-refractivity contribution in [3.8, 4) is 0 Å². The van der Waals surface area contributed by atoms with Gasteiger partial charge in [-0.15, -0.1) is 0 Å². The first-order valence-corrected chi connectivity index (χ1v) is 7.55. The molecule has 1 unspecified atom stereocenters. The summed E-state index contributed by atoms with van der Waals surface area (Å²) >= 11 is 15.4. The molecule has 0 spiro atoms. The van der Waals surface area contributed by atoms with Crippen LogP contribution in [-0.4, -0.2) is 5.91 Å². The van der Waals surface area contributed by atoms with Crippen molar-refractivity contribution in [2.45, 2.75) is 13.0 Å². The van der Waals surface area contributed by atoms with Crippen LogP contribution in [-0.2, 0) is 0 Å². The average molecular weight is 373 g/mol. The molecule has 2 aromatic rings. The van der Waals surface area contributed by atoms with Crippen molar-refractivity contribution in [2.24, 2.45) is 0 Å². The molecule has 0 heterocycles. The van der Waals surface area contributed by atoms with Crippen LogP contribution in [0.3, 0.4) is 0 Å². The Labute approximate surface area is 136 Å². The molecule has 1 atom stereocenters. The molecular weight excluding hydrogens is 361 g/mol. The quantitative estimate of drug-likeness (QED) is 0.783. The minimum Gasteiger partial charge on any atom is -0.345 e. The molecule has 1 amide bonds. The minimum absolute atomic E-state index is 0.145. The van der Waals surface area contributed by atoms with Crippen molar-refractivity contribution < 1.29 is 4.79 Å². The van der Waals surface area contributed by atoms with Crippen LogP contribution < -0.4 is 5.32 Å². The number of carbonyl (C=O) groups is 1. The van der Waals surface area contributed by atoms with E-state index in [4.69, 9.17) is 23.2 Å². The summed E-state index contributed by atoms with van der Waals surface area (Å²) in [6, 6.07) is 12.6. The van der Waals surface area contributed by atoms with E-state index in [2.05, 4.69) is 21.2 Å². The minimum atomic E-state index is -0.249. The maximum absolute atomic E-state index is 12.2. The van der Waals surface area contributed by atoms with E-state index in [0.717, 1.165) is 10.0 Å². The van der Waals surface area contributed by atoms with E-state index >= 15 is 0 Å². The standard InChI is InChI=1S/C15H12BrCl2NO/c1-9(10-5-2-3-7-12(10)16)19-15(20)11-6-4-8-13(17)14(11)18/h2-9H,1H3,(H,19,20). The van der Waals surface area contributed by atoms with E-state index in [1.807, 2.05) is 31.2 Å². The van der Waals surface area contributed by atoms with Gasteiger partial charge in [0.15, 0.2) is 0 Å². The number of carbonyl (C=O) groups excluding carboxylic acids is 1. The number of hydrogen-bond donors (Lipinski definition) is 1. The Morgan fingerprint density at radius 2 is 1.85 bits per heavy atom. The Balaban J connectivity index is 2.20. The van der Waals surface area contributed by atoms with Crippen LogP contribution in [0, 0.1) is 0 Å². The summed E-state index contributed by atoms with van der Waals surface area (Å²) < 4.78 is 0.949. The predicted octanol–water partition coefficient (Wildman–Crippen LogP) is 5.25. The summed E-state index contributed by atoms with van der Waals surface area (Å²) in [7, 11) is 0. The maximum atomic E-state index is 12.2. The third-order valence-corrected chi connectivity index (χ3v) is 4.46. The van der Waals surface area contributed by atoms with E-state index in [-0.39, 0.29) is 17.0 Å². The Hall–Kier alpha value is -1.03. The highest BCUT2D eigenvalue weighted by atomic mass is 79.9. The molecule has 2 nitrogen and oxygen atoms in total. The largest absolute Gasteiger partial charge is 0.345 e. The van der Waals surface area contributed by atoms with Gasteiger partial charge in [0.25, 0.3) is 5.91 Å². The highest BCUT2D eigenvalue weighted by Crippen LogP contribution is 2.27. The van der Waals surface area contributed by atoms with Crippen LogP contribution in [0.1, 0.15) is 28.9 Å². The average Bonchev–Trinajstić information content (AvgIpc) is 2.42. The fourth-order valence-corrected chi connectivity index (χ4v) is 2.87. The lowest BCUT2D eigenvalue weighted by molar-refractivity contribution is 0.0940. The molecule has 0 saturated heterocycles. The second kappa shape index (κ2) is 6.61. The lowest BCUT2D eigenvalue weighted by Gasteiger charge is -2.16. The Bertz CT molecular complexity index is 646. The van der Waals surface area contributed by atoms with Crippen LogP contribution in [0.4, 0.5) is 0 Å². The fourth-order valence-electron chi connectivity index (χ4n) is 1.86. The van der Waals surface area contributed by atoms with Gasteiger partial charge in [0.2, 0.25) is 0 Å². The summed E-state index contributed by atoms with van der Waals surface area (Å²) in [5.41, 5.74) is 1.37. The van der Waals surface area contributed by atoms with Crippen LogP contribution >= 0.6 is 39.1 Å². The van der Waals surface area contributed by atoms with Gasteiger partial charge >= 0.3 is 0 Å². The third-order valence-electron chi connectivity index (χ3n) is 2.92. The SMILES string of the molecule is CC(NC(=O)c1cccc(Cl)c1Cl)c1ccccc1Br. The van der Waals surface area contributed by atoms with Gasteiger partial charge in [0, 0.05) is 4.47 Å². The van der Waals surface area contributed by atoms with Gasteiger partial charge in [-0.25, -0.2) is 0 Å². The Morgan fingerprint density at radius 1 is 1.15 bits per heavy atom. The molecule has 0 aliphatic heterocycles. The van der Waals surface area contributed by atoms with Crippen molar-refractivity contribution in [1.29, 1.82) is 0 Å². The maximum Gasteiger partial charge on any atom is 0.253 e. The number of amides is 1. The van der Waals surface area contributed by atoms with E-state index in [1.54, 1.807) is 18.2 Å².